The Balaban J connectivity index is 1.76. The lowest BCUT2D eigenvalue weighted by Gasteiger charge is -2.16. The number of hydrogen-bond donors (Lipinski definition) is 2. The number of hydrogen-bond acceptors (Lipinski definition) is 6. The second-order valence-corrected chi connectivity index (χ2v) is 4.58. The van der Waals surface area contributed by atoms with E-state index in [1.165, 1.54) is 6.20 Å². The van der Waals surface area contributed by atoms with Crippen LogP contribution < -0.4 is 10.2 Å². The van der Waals surface area contributed by atoms with Crippen molar-refractivity contribution in [2.24, 2.45) is 0 Å². The average molecular weight is 268 g/mol. The van der Waals surface area contributed by atoms with Crippen LogP contribution in [-0.2, 0) is 0 Å². The molecule has 2 aromatic heterocycles. The molecular weight excluding hydrogens is 252 g/mol. The van der Waals surface area contributed by atoms with E-state index in [-0.39, 0.29) is 6.61 Å². The highest BCUT2D eigenvalue weighted by Gasteiger charge is 2.08. The first kappa shape index (κ1) is 12.8. The summed E-state index contributed by atoms with van der Waals surface area (Å²) >= 11 is 1.08. The van der Waals surface area contributed by atoms with E-state index in [2.05, 4.69) is 14.2 Å². The molecule has 0 fully saturated rings. The van der Waals surface area contributed by atoms with Crippen LogP contribution in [0.25, 0.3) is 0 Å². The van der Waals surface area contributed by atoms with Crippen molar-refractivity contribution in [3.05, 3.63) is 29.7 Å². The van der Waals surface area contributed by atoms with Crippen molar-refractivity contribution in [2.45, 2.75) is 20.0 Å². The molecule has 0 amide bonds. The van der Waals surface area contributed by atoms with E-state index in [1.807, 2.05) is 30.7 Å². The average Bonchev–Trinajstić information content (AvgIpc) is 2.96. The summed E-state index contributed by atoms with van der Waals surface area (Å²) in [4.78, 5) is 0. The van der Waals surface area contributed by atoms with Gasteiger partial charge < -0.3 is 15.3 Å². The fourth-order valence-electron chi connectivity index (χ4n) is 1.57. The fourth-order valence-corrected chi connectivity index (χ4v) is 1.94. The smallest absolute Gasteiger partial charge is 0.245 e. The molecule has 2 aromatic rings. The van der Waals surface area contributed by atoms with Crippen molar-refractivity contribution >= 4 is 11.7 Å². The van der Waals surface area contributed by atoms with E-state index < -0.39 is 6.10 Å². The van der Waals surface area contributed by atoms with E-state index >= 15 is 0 Å². The molecule has 0 radical (unpaired) electrons. The molecule has 0 aliphatic carbocycles. The van der Waals surface area contributed by atoms with Crippen LogP contribution in [0.15, 0.2) is 18.3 Å². The van der Waals surface area contributed by atoms with Crippen molar-refractivity contribution in [1.29, 1.82) is 0 Å². The molecule has 1 atom stereocenters. The third kappa shape index (κ3) is 3.21. The van der Waals surface area contributed by atoms with Crippen molar-refractivity contribution in [3.8, 4) is 5.88 Å². The second kappa shape index (κ2) is 5.83. The largest absolute Gasteiger partial charge is 0.473 e. The predicted molar refractivity (Wildman–Crippen MR) is 69.5 cm³/mol. The van der Waals surface area contributed by atoms with Gasteiger partial charge in [0.15, 0.2) is 0 Å². The topological polar surface area (TPSA) is 72.2 Å². The van der Waals surface area contributed by atoms with Crippen LogP contribution in [0.2, 0.25) is 0 Å². The number of aryl methyl sites for hydroxylation is 2. The van der Waals surface area contributed by atoms with E-state index in [0.29, 0.717) is 12.4 Å². The van der Waals surface area contributed by atoms with Gasteiger partial charge in [0, 0.05) is 11.4 Å². The summed E-state index contributed by atoms with van der Waals surface area (Å²) in [5, 5.41) is 9.78. The summed E-state index contributed by atoms with van der Waals surface area (Å²) in [5.74, 6) is 0.451. The molecule has 0 saturated carbocycles. The first-order valence-electron chi connectivity index (χ1n) is 5.64. The van der Waals surface area contributed by atoms with Gasteiger partial charge in [-0.25, -0.2) is 0 Å². The normalized spacial score (nSPS) is 12.4. The maximum Gasteiger partial charge on any atom is 0.245 e. The van der Waals surface area contributed by atoms with Gasteiger partial charge in [0.05, 0.1) is 18.3 Å². The number of aliphatic hydroxyl groups excluding tert-OH is 1. The van der Waals surface area contributed by atoms with Crippen LogP contribution in [0.1, 0.15) is 11.4 Å². The molecule has 6 nitrogen and oxygen atoms in total. The van der Waals surface area contributed by atoms with Crippen LogP contribution >= 0.6 is 11.7 Å². The van der Waals surface area contributed by atoms with Crippen LogP contribution in [-0.4, -0.2) is 37.8 Å². The van der Waals surface area contributed by atoms with E-state index in [1.54, 1.807) is 0 Å². The van der Waals surface area contributed by atoms with Crippen LogP contribution in [0.5, 0.6) is 5.88 Å². The first-order chi connectivity index (χ1) is 8.66. The number of aromatic nitrogens is 3. The summed E-state index contributed by atoms with van der Waals surface area (Å²) in [6.45, 7) is 4.61. The molecule has 0 aliphatic heterocycles. The van der Waals surface area contributed by atoms with Crippen molar-refractivity contribution in [3.63, 3.8) is 0 Å². The van der Waals surface area contributed by atoms with Crippen molar-refractivity contribution in [2.75, 3.05) is 18.6 Å². The summed E-state index contributed by atoms with van der Waals surface area (Å²) in [5.41, 5.74) is 5.35. The highest BCUT2D eigenvalue weighted by Crippen LogP contribution is 2.06. The summed E-state index contributed by atoms with van der Waals surface area (Å²) in [7, 11) is 0. The molecule has 0 bridgehead atoms. The molecule has 7 heteroatoms. The van der Waals surface area contributed by atoms with E-state index in [4.69, 9.17) is 4.74 Å². The highest BCUT2D eigenvalue weighted by atomic mass is 32.1. The number of aliphatic hydroxyl groups is 1. The highest BCUT2D eigenvalue weighted by molar-refractivity contribution is 6.99. The summed E-state index contributed by atoms with van der Waals surface area (Å²) in [6, 6.07) is 4.04. The number of nitrogens with zero attached hydrogens (tertiary/aromatic N) is 3. The van der Waals surface area contributed by atoms with Gasteiger partial charge in [-0.15, -0.1) is 4.37 Å². The quantitative estimate of drug-likeness (QED) is 0.816. The molecule has 1 unspecified atom stereocenters. The zero-order valence-corrected chi connectivity index (χ0v) is 11.1. The van der Waals surface area contributed by atoms with Crippen LogP contribution in [0.3, 0.4) is 0 Å². The maximum atomic E-state index is 9.78. The third-order valence-corrected chi connectivity index (χ3v) is 2.98. The Morgan fingerprint density at radius 2 is 2.17 bits per heavy atom. The van der Waals surface area contributed by atoms with Gasteiger partial charge in [0.1, 0.15) is 18.9 Å². The lowest BCUT2D eigenvalue weighted by Crippen LogP contribution is -2.31. The molecule has 2 heterocycles. The first-order valence-corrected chi connectivity index (χ1v) is 6.37. The second-order valence-electron chi connectivity index (χ2n) is 4.02. The van der Waals surface area contributed by atoms with Gasteiger partial charge in [0.25, 0.3) is 0 Å². The minimum Gasteiger partial charge on any atom is -0.473 e. The molecule has 2 N–H and O–H groups in total. The minimum absolute atomic E-state index is 0.192. The monoisotopic (exact) mass is 268 g/mol. The number of ether oxygens (including phenoxy) is 1. The van der Waals surface area contributed by atoms with Crippen LogP contribution in [0, 0.1) is 13.8 Å². The third-order valence-electron chi connectivity index (χ3n) is 2.52. The molecule has 98 valence electrons. The van der Waals surface area contributed by atoms with Gasteiger partial charge in [-0.3, -0.25) is 4.68 Å². The zero-order chi connectivity index (χ0) is 13.0. The fraction of sp³-hybridized carbons (Fsp3) is 0.455. The van der Waals surface area contributed by atoms with Gasteiger partial charge in [-0.1, -0.05) is 0 Å². The van der Waals surface area contributed by atoms with Crippen LogP contribution in [0.4, 0.5) is 0 Å². The number of nitrogens with one attached hydrogen (secondary N) is 1. The van der Waals surface area contributed by atoms with Gasteiger partial charge in [0.2, 0.25) is 5.88 Å². The standard InChI is InChI=1S/C11H16N4O2S/c1-8-3-4-9(2)15(8)12-5-10(16)7-17-11-6-13-18-14-11/h3-4,6,10,12,16H,5,7H2,1-2H3. The van der Waals surface area contributed by atoms with Gasteiger partial charge in [-0.2, -0.15) is 4.37 Å². The summed E-state index contributed by atoms with van der Waals surface area (Å²) < 4.78 is 14.9. The molecule has 0 aliphatic rings. The Labute approximate surface area is 110 Å². The Bertz CT molecular complexity index is 464. The predicted octanol–water partition coefficient (Wildman–Crippen LogP) is 0.940. The Kier molecular flexibility index (Phi) is 4.16. The molecular formula is C11H16N4O2S. The maximum absolute atomic E-state index is 9.78. The number of rotatable bonds is 6. The van der Waals surface area contributed by atoms with Crippen molar-refractivity contribution in [1.82, 2.24) is 13.4 Å². The lowest BCUT2D eigenvalue weighted by atomic mass is 10.4. The molecule has 18 heavy (non-hydrogen) atoms. The molecule has 0 spiro atoms. The Morgan fingerprint density at radius 3 is 2.78 bits per heavy atom. The summed E-state index contributed by atoms with van der Waals surface area (Å²) in [6.07, 6.45) is 0.929. The lowest BCUT2D eigenvalue weighted by molar-refractivity contribution is 0.113. The Morgan fingerprint density at radius 1 is 1.44 bits per heavy atom. The molecule has 0 aromatic carbocycles. The molecule has 2 rings (SSSR count). The van der Waals surface area contributed by atoms with Gasteiger partial charge >= 0.3 is 0 Å². The van der Waals surface area contributed by atoms with E-state index in [9.17, 15) is 5.11 Å². The zero-order valence-electron chi connectivity index (χ0n) is 10.3. The SMILES string of the molecule is Cc1ccc(C)n1NCC(O)COc1cnsn1. The van der Waals surface area contributed by atoms with E-state index in [0.717, 1.165) is 23.1 Å². The van der Waals surface area contributed by atoms with Gasteiger partial charge in [-0.05, 0) is 26.0 Å². The minimum atomic E-state index is -0.604. The Hall–Kier alpha value is -1.60. The molecule has 0 saturated heterocycles. The van der Waals surface area contributed by atoms with Crippen molar-refractivity contribution < 1.29 is 9.84 Å².